The van der Waals surface area contributed by atoms with Gasteiger partial charge in [-0.3, -0.25) is 10.1 Å². The van der Waals surface area contributed by atoms with Gasteiger partial charge in [0, 0.05) is 12.6 Å². The molecule has 1 rings (SSSR count). The lowest BCUT2D eigenvalue weighted by atomic mass is 10.2. The number of non-ortho nitro benzene ring substituents is 1. The van der Waals surface area contributed by atoms with Crippen LogP contribution in [0, 0.1) is 15.9 Å². The molecule has 17 heavy (non-hydrogen) atoms. The Morgan fingerprint density at radius 2 is 2.29 bits per heavy atom. The van der Waals surface area contributed by atoms with Crippen molar-refractivity contribution in [2.24, 2.45) is 0 Å². The van der Waals surface area contributed by atoms with Gasteiger partial charge in [0.2, 0.25) is 0 Å². The Kier molecular flexibility index (Phi) is 4.84. The van der Waals surface area contributed by atoms with Crippen molar-refractivity contribution in [3.8, 4) is 0 Å². The molecule has 0 amide bonds. The molecule has 1 unspecified atom stereocenters. The normalized spacial score (nSPS) is 12.2. The maximum Gasteiger partial charge on any atom is 0.272 e. The number of nitrogens with zero attached hydrogens (tertiary/aromatic N) is 1. The van der Waals surface area contributed by atoms with Crippen molar-refractivity contribution in [2.45, 2.75) is 25.9 Å². The van der Waals surface area contributed by atoms with E-state index in [9.17, 15) is 14.5 Å². The summed E-state index contributed by atoms with van der Waals surface area (Å²) in [5.74, 6) is -0.642. The van der Waals surface area contributed by atoms with Gasteiger partial charge < -0.3 is 10.4 Å². The zero-order valence-electron chi connectivity index (χ0n) is 9.52. The van der Waals surface area contributed by atoms with Crippen LogP contribution in [-0.2, 0) is 0 Å². The highest BCUT2D eigenvalue weighted by Gasteiger charge is 2.10. The lowest BCUT2D eigenvalue weighted by molar-refractivity contribution is -0.385. The molecule has 0 aliphatic carbocycles. The Labute approximate surface area is 98.4 Å². The summed E-state index contributed by atoms with van der Waals surface area (Å²) in [5.41, 5.74) is -0.0294. The summed E-state index contributed by atoms with van der Waals surface area (Å²) in [6, 6.07) is 3.48. The zero-order valence-corrected chi connectivity index (χ0v) is 9.52. The summed E-state index contributed by atoms with van der Waals surface area (Å²) in [6.45, 7) is 2.20. The minimum atomic E-state index is -0.642. The van der Waals surface area contributed by atoms with Gasteiger partial charge in [0.25, 0.3) is 5.69 Å². The van der Waals surface area contributed by atoms with Gasteiger partial charge in [-0.2, -0.15) is 0 Å². The Bertz CT molecular complexity index is 396. The first-order valence-electron chi connectivity index (χ1n) is 5.36. The Morgan fingerprint density at radius 3 is 2.82 bits per heavy atom. The molecule has 0 spiro atoms. The van der Waals surface area contributed by atoms with Gasteiger partial charge >= 0.3 is 0 Å². The van der Waals surface area contributed by atoms with Crippen LogP contribution in [-0.4, -0.2) is 22.7 Å². The fourth-order valence-electron chi connectivity index (χ4n) is 1.38. The largest absolute Gasteiger partial charge is 0.393 e. The van der Waals surface area contributed by atoms with E-state index >= 15 is 0 Å². The fourth-order valence-corrected chi connectivity index (χ4v) is 1.38. The number of benzene rings is 1. The van der Waals surface area contributed by atoms with E-state index in [0.717, 1.165) is 6.07 Å². The molecule has 0 aliphatic heterocycles. The van der Waals surface area contributed by atoms with Crippen LogP contribution >= 0.6 is 0 Å². The highest BCUT2D eigenvalue weighted by atomic mass is 19.1. The third-order valence-corrected chi connectivity index (χ3v) is 2.28. The van der Waals surface area contributed by atoms with Crippen molar-refractivity contribution in [1.82, 2.24) is 0 Å². The van der Waals surface area contributed by atoms with E-state index in [4.69, 9.17) is 5.11 Å². The number of hydrogen-bond acceptors (Lipinski definition) is 4. The van der Waals surface area contributed by atoms with Gasteiger partial charge in [0.1, 0.15) is 0 Å². The minimum Gasteiger partial charge on any atom is -0.393 e. The van der Waals surface area contributed by atoms with Gasteiger partial charge in [0.15, 0.2) is 5.82 Å². The topological polar surface area (TPSA) is 75.4 Å². The second-order valence-corrected chi connectivity index (χ2v) is 3.84. The summed E-state index contributed by atoms with van der Waals surface area (Å²) >= 11 is 0. The average Bonchev–Trinajstić information content (AvgIpc) is 2.25. The first-order valence-corrected chi connectivity index (χ1v) is 5.36. The molecule has 1 aromatic rings. The van der Waals surface area contributed by atoms with Crippen LogP contribution in [0.3, 0.4) is 0 Å². The number of anilines is 1. The third kappa shape index (κ3) is 4.36. The van der Waals surface area contributed by atoms with E-state index in [0.29, 0.717) is 19.4 Å². The lowest BCUT2D eigenvalue weighted by Gasteiger charge is -2.08. The van der Waals surface area contributed by atoms with Crippen LogP contribution in [0.15, 0.2) is 18.2 Å². The highest BCUT2D eigenvalue weighted by Crippen LogP contribution is 2.20. The lowest BCUT2D eigenvalue weighted by Crippen LogP contribution is -2.07. The van der Waals surface area contributed by atoms with Crippen LogP contribution in [0.1, 0.15) is 19.8 Å². The SMILES string of the molecule is CC(O)CCCNc1ccc([N+](=O)[O-])cc1F. The molecule has 0 saturated heterocycles. The second kappa shape index (κ2) is 6.15. The maximum absolute atomic E-state index is 13.4. The summed E-state index contributed by atoms with van der Waals surface area (Å²) < 4.78 is 13.4. The van der Waals surface area contributed by atoms with Gasteiger partial charge in [-0.25, -0.2) is 4.39 Å². The molecule has 0 radical (unpaired) electrons. The zero-order chi connectivity index (χ0) is 12.8. The van der Waals surface area contributed by atoms with E-state index in [-0.39, 0.29) is 17.5 Å². The van der Waals surface area contributed by atoms with Gasteiger partial charge in [0.05, 0.1) is 22.8 Å². The number of aliphatic hydroxyl groups excluding tert-OH is 1. The van der Waals surface area contributed by atoms with Crippen LogP contribution in [0.25, 0.3) is 0 Å². The van der Waals surface area contributed by atoms with E-state index < -0.39 is 10.7 Å². The molecule has 1 atom stereocenters. The van der Waals surface area contributed by atoms with Crippen LogP contribution in [0.2, 0.25) is 0 Å². The summed E-state index contributed by atoms with van der Waals surface area (Å²) in [6.07, 6.45) is 0.953. The van der Waals surface area contributed by atoms with Crippen LogP contribution in [0.5, 0.6) is 0 Å². The average molecular weight is 242 g/mol. The molecule has 6 heteroatoms. The van der Waals surface area contributed by atoms with E-state index in [1.807, 2.05) is 0 Å². The predicted octanol–water partition coefficient (Wildman–Crippen LogP) is 2.31. The van der Waals surface area contributed by atoms with Crippen LogP contribution in [0.4, 0.5) is 15.8 Å². The molecule has 0 aliphatic rings. The monoisotopic (exact) mass is 242 g/mol. The number of hydrogen-bond donors (Lipinski definition) is 2. The Balaban J connectivity index is 2.52. The van der Waals surface area contributed by atoms with E-state index in [1.54, 1.807) is 6.92 Å². The molecule has 0 heterocycles. The molecule has 1 aromatic carbocycles. The summed E-state index contributed by atoms with van der Waals surface area (Å²) in [7, 11) is 0. The van der Waals surface area contributed by atoms with Crippen molar-refractivity contribution in [3.63, 3.8) is 0 Å². The quantitative estimate of drug-likeness (QED) is 0.456. The molecule has 0 aromatic heterocycles. The molecule has 0 saturated carbocycles. The molecular weight excluding hydrogens is 227 g/mol. The number of halogens is 1. The minimum absolute atomic E-state index is 0.237. The standard InChI is InChI=1S/C11H15FN2O3/c1-8(15)3-2-6-13-11-5-4-9(14(16)17)7-10(11)12/h4-5,7-8,13,15H,2-3,6H2,1H3. The number of nitro benzene ring substituents is 1. The van der Waals surface area contributed by atoms with Gasteiger partial charge in [-0.15, -0.1) is 0 Å². The Hall–Kier alpha value is -1.69. The van der Waals surface area contributed by atoms with Crippen molar-refractivity contribution in [3.05, 3.63) is 34.1 Å². The number of aliphatic hydroxyl groups is 1. The molecule has 5 nitrogen and oxygen atoms in total. The van der Waals surface area contributed by atoms with Crippen molar-refractivity contribution < 1.29 is 14.4 Å². The van der Waals surface area contributed by atoms with E-state index in [1.165, 1.54) is 12.1 Å². The number of nitrogens with one attached hydrogen (secondary N) is 1. The molecule has 94 valence electrons. The summed E-state index contributed by atoms with van der Waals surface area (Å²) in [5, 5.41) is 22.2. The van der Waals surface area contributed by atoms with Crippen LogP contribution < -0.4 is 5.32 Å². The highest BCUT2D eigenvalue weighted by molar-refractivity contribution is 5.49. The maximum atomic E-state index is 13.4. The van der Waals surface area contributed by atoms with Crippen molar-refractivity contribution >= 4 is 11.4 Å². The third-order valence-electron chi connectivity index (χ3n) is 2.28. The van der Waals surface area contributed by atoms with Crippen molar-refractivity contribution in [1.29, 1.82) is 0 Å². The smallest absolute Gasteiger partial charge is 0.272 e. The van der Waals surface area contributed by atoms with E-state index in [2.05, 4.69) is 5.32 Å². The molecular formula is C11H15FN2O3. The number of nitro groups is 1. The van der Waals surface area contributed by atoms with Crippen molar-refractivity contribution in [2.75, 3.05) is 11.9 Å². The first-order chi connectivity index (χ1) is 8.00. The second-order valence-electron chi connectivity index (χ2n) is 3.84. The number of rotatable bonds is 6. The molecule has 0 fully saturated rings. The molecule has 2 N–H and O–H groups in total. The van der Waals surface area contributed by atoms with Gasteiger partial charge in [-0.1, -0.05) is 0 Å². The van der Waals surface area contributed by atoms with Gasteiger partial charge in [-0.05, 0) is 25.8 Å². The predicted molar refractivity (Wildman–Crippen MR) is 62.5 cm³/mol. The fraction of sp³-hybridized carbons (Fsp3) is 0.455. The molecule has 0 bridgehead atoms. The summed E-state index contributed by atoms with van der Waals surface area (Å²) in [4.78, 5) is 9.75. The first kappa shape index (κ1) is 13.4. The Morgan fingerprint density at radius 1 is 1.59 bits per heavy atom.